The number of methoxy groups -OCH3 is 1. The molecule has 0 bridgehead atoms. The first-order chi connectivity index (χ1) is 15.1. The number of nitrogens with one attached hydrogen (secondary N) is 1. The average Bonchev–Trinajstić information content (AvgIpc) is 3.09. The number of hydrogen-bond acceptors (Lipinski definition) is 9. The van der Waals surface area contributed by atoms with Crippen LogP contribution in [-0.4, -0.2) is 34.2 Å². The standard InChI is InChI=1S/C22H19N5O3S/c1-13-14(2)31-21-19(13)20(24-12-25-21)27-26-10-15-6-7-17(18(9-15)29-3)30-22(28)16-5-4-8-23-11-16/h4-12H,1-3H3,(H,24,25,27). The van der Waals surface area contributed by atoms with Crippen LogP contribution in [0.3, 0.4) is 0 Å². The van der Waals surface area contributed by atoms with Gasteiger partial charge in [0.25, 0.3) is 0 Å². The number of rotatable bonds is 6. The highest BCUT2D eigenvalue weighted by molar-refractivity contribution is 7.18. The number of aromatic nitrogens is 3. The smallest absolute Gasteiger partial charge is 0.345 e. The maximum atomic E-state index is 12.3. The molecule has 0 atom stereocenters. The molecule has 0 fully saturated rings. The summed E-state index contributed by atoms with van der Waals surface area (Å²) in [6.45, 7) is 4.10. The van der Waals surface area contributed by atoms with E-state index in [-0.39, 0.29) is 0 Å². The van der Waals surface area contributed by atoms with Gasteiger partial charge in [-0.15, -0.1) is 11.3 Å². The Morgan fingerprint density at radius 1 is 1.19 bits per heavy atom. The highest BCUT2D eigenvalue weighted by Gasteiger charge is 2.13. The summed E-state index contributed by atoms with van der Waals surface area (Å²) >= 11 is 1.63. The lowest BCUT2D eigenvalue weighted by Gasteiger charge is -2.09. The molecular weight excluding hydrogens is 414 g/mol. The number of carbonyl (C=O) groups excluding carboxylic acids is 1. The van der Waals surface area contributed by atoms with Gasteiger partial charge in [0.15, 0.2) is 17.3 Å². The fourth-order valence-electron chi connectivity index (χ4n) is 2.93. The first-order valence-corrected chi connectivity index (χ1v) is 10.2. The number of ether oxygens (including phenoxy) is 2. The Hall–Kier alpha value is -3.85. The molecule has 0 unspecified atom stereocenters. The van der Waals surface area contributed by atoms with Gasteiger partial charge in [-0.2, -0.15) is 5.10 Å². The number of aryl methyl sites for hydroxylation is 2. The van der Waals surface area contributed by atoms with Crippen molar-refractivity contribution in [3.8, 4) is 11.5 Å². The van der Waals surface area contributed by atoms with E-state index < -0.39 is 5.97 Å². The number of benzene rings is 1. The summed E-state index contributed by atoms with van der Waals surface area (Å²) in [4.78, 5) is 26.9. The van der Waals surface area contributed by atoms with Crippen molar-refractivity contribution in [2.75, 3.05) is 12.5 Å². The van der Waals surface area contributed by atoms with E-state index in [0.29, 0.717) is 22.9 Å². The third-order valence-electron chi connectivity index (χ3n) is 4.64. The third kappa shape index (κ3) is 4.36. The Kier molecular flexibility index (Phi) is 5.85. The zero-order valence-corrected chi connectivity index (χ0v) is 17.9. The molecule has 31 heavy (non-hydrogen) atoms. The van der Waals surface area contributed by atoms with Crippen molar-refractivity contribution in [2.45, 2.75) is 13.8 Å². The SMILES string of the molecule is COc1cc(C=NNc2ncnc3sc(C)c(C)c23)ccc1OC(=O)c1cccnc1. The highest BCUT2D eigenvalue weighted by Crippen LogP contribution is 2.32. The first-order valence-electron chi connectivity index (χ1n) is 9.37. The van der Waals surface area contributed by atoms with Crippen molar-refractivity contribution in [1.82, 2.24) is 15.0 Å². The van der Waals surface area contributed by atoms with E-state index in [1.807, 2.05) is 6.92 Å². The zero-order valence-electron chi connectivity index (χ0n) is 17.1. The molecule has 9 heteroatoms. The van der Waals surface area contributed by atoms with Crippen molar-refractivity contribution in [3.63, 3.8) is 0 Å². The second-order valence-electron chi connectivity index (χ2n) is 6.60. The van der Waals surface area contributed by atoms with E-state index in [1.54, 1.807) is 54.1 Å². The largest absolute Gasteiger partial charge is 0.493 e. The number of esters is 1. The highest BCUT2D eigenvalue weighted by atomic mass is 32.1. The van der Waals surface area contributed by atoms with Gasteiger partial charge < -0.3 is 9.47 Å². The molecule has 0 saturated carbocycles. The number of nitrogens with zero attached hydrogens (tertiary/aromatic N) is 4. The number of carbonyl (C=O) groups is 1. The molecule has 8 nitrogen and oxygen atoms in total. The summed E-state index contributed by atoms with van der Waals surface area (Å²) in [7, 11) is 1.51. The van der Waals surface area contributed by atoms with Gasteiger partial charge in [0.2, 0.25) is 0 Å². The molecule has 0 aliphatic rings. The fraction of sp³-hybridized carbons (Fsp3) is 0.136. The normalized spacial score (nSPS) is 11.1. The second kappa shape index (κ2) is 8.88. The summed E-state index contributed by atoms with van der Waals surface area (Å²) in [5, 5.41) is 5.26. The lowest BCUT2D eigenvalue weighted by molar-refractivity contribution is 0.0729. The van der Waals surface area contributed by atoms with Crippen LogP contribution in [0.15, 0.2) is 54.2 Å². The van der Waals surface area contributed by atoms with Crippen LogP contribution in [0.4, 0.5) is 5.82 Å². The van der Waals surface area contributed by atoms with Gasteiger partial charge in [0, 0.05) is 17.3 Å². The number of fused-ring (bicyclic) bond motifs is 1. The number of hydrazone groups is 1. The Morgan fingerprint density at radius 2 is 2.06 bits per heavy atom. The molecule has 0 aliphatic carbocycles. The third-order valence-corrected chi connectivity index (χ3v) is 5.75. The van der Waals surface area contributed by atoms with Crippen LogP contribution in [0.25, 0.3) is 10.2 Å². The quantitative estimate of drug-likeness (QED) is 0.209. The van der Waals surface area contributed by atoms with Gasteiger partial charge in [0.1, 0.15) is 11.2 Å². The predicted octanol–water partition coefficient (Wildman–Crippen LogP) is 4.38. The van der Waals surface area contributed by atoms with Gasteiger partial charge in [0.05, 0.1) is 24.3 Å². The minimum Gasteiger partial charge on any atom is -0.493 e. The van der Waals surface area contributed by atoms with Crippen LogP contribution in [0.5, 0.6) is 11.5 Å². The van der Waals surface area contributed by atoms with E-state index >= 15 is 0 Å². The van der Waals surface area contributed by atoms with Crippen molar-refractivity contribution in [3.05, 3.63) is 70.6 Å². The molecule has 4 aromatic rings. The molecule has 4 rings (SSSR count). The van der Waals surface area contributed by atoms with Crippen molar-refractivity contribution >= 4 is 39.6 Å². The molecule has 0 saturated heterocycles. The van der Waals surface area contributed by atoms with Crippen molar-refractivity contribution < 1.29 is 14.3 Å². The van der Waals surface area contributed by atoms with Crippen LogP contribution in [0, 0.1) is 13.8 Å². The molecule has 0 spiro atoms. The molecule has 0 radical (unpaired) electrons. The lowest BCUT2D eigenvalue weighted by atomic mass is 10.2. The van der Waals surface area contributed by atoms with Gasteiger partial charge in [-0.3, -0.25) is 10.4 Å². The van der Waals surface area contributed by atoms with Gasteiger partial charge in [-0.25, -0.2) is 14.8 Å². The zero-order chi connectivity index (χ0) is 21.8. The summed E-state index contributed by atoms with van der Waals surface area (Å²) in [6, 6.07) is 8.46. The summed E-state index contributed by atoms with van der Waals surface area (Å²) < 4.78 is 10.8. The van der Waals surface area contributed by atoms with E-state index in [0.717, 1.165) is 21.3 Å². The Labute approximate surface area is 182 Å². The summed E-state index contributed by atoms with van der Waals surface area (Å²) in [5.41, 5.74) is 5.24. The van der Waals surface area contributed by atoms with Gasteiger partial charge in [-0.05, 0) is 55.3 Å². The van der Waals surface area contributed by atoms with Crippen molar-refractivity contribution in [2.24, 2.45) is 5.10 Å². The molecule has 156 valence electrons. The Morgan fingerprint density at radius 3 is 2.84 bits per heavy atom. The van der Waals surface area contributed by atoms with Crippen LogP contribution >= 0.6 is 11.3 Å². The molecule has 3 heterocycles. The number of anilines is 1. The minimum atomic E-state index is -0.510. The summed E-state index contributed by atoms with van der Waals surface area (Å²) in [5.74, 6) is 0.860. The number of thiophene rings is 1. The van der Waals surface area contributed by atoms with Gasteiger partial charge in [-0.1, -0.05) is 0 Å². The minimum absolute atomic E-state index is 0.309. The number of pyridine rings is 1. The maximum Gasteiger partial charge on any atom is 0.345 e. The van der Waals surface area contributed by atoms with Crippen LogP contribution in [0.1, 0.15) is 26.4 Å². The van der Waals surface area contributed by atoms with Crippen LogP contribution < -0.4 is 14.9 Å². The predicted molar refractivity (Wildman–Crippen MR) is 120 cm³/mol. The molecular formula is C22H19N5O3S. The molecule has 0 aliphatic heterocycles. The maximum absolute atomic E-state index is 12.3. The van der Waals surface area contributed by atoms with E-state index in [4.69, 9.17) is 9.47 Å². The summed E-state index contributed by atoms with van der Waals surface area (Å²) in [6.07, 6.45) is 6.19. The number of hydrogen-bond donors (Lipinski definition) is 1. The van der Waals surface area contributed by atoms with E-state index in [1.165, 1.54) is 24.5 Å². The molecule has 1 aromatic carbocycles. The van der Waals surface area contributed by atoms with E-state index in [9.17, 15) is 4.79 Å². The topological polar surface area (TPSA) is 98.6 Å². The second-order valence-corrected chi connectivity index (χ2v) is 7.80. The fourth-order valence-corrected chi connectivity index (χ4v) is 3.92. The van der Waals surface area contributed by atoms with Gasteiger partial charge >= 0.3 is 5.97 Å². The van der Waals surface area contributed by atoms with Crippen LogP contribution in [0.2, 0.25) is 0 Å². The average molecular weight is 433 g/mol. The molecule has 0 amide bonds. The first kappa shape index (κ1) is 20.4. The Bertz CT molecular complexity index is 1270. The van der Waals surface area contributed by atoms with Crippen molar-refractivity contribution in [1.29, 1.82) is 0 Å². The molecule has 3 aromatic heterocycles. The Balaban J connectivity index is 1.51. The van der Waals surface area contributed by atoms with E-state index in [2.05, 4.69) is 32.4 Å². The molecule has 1 N–H and O–H groups in total. The lowest BCUT2D eigenvalue weighted by Crippen LogP contribution is -2.09. The monoisotopic (exact) mass is 433 g/mol. The van der Waals surface area contributed by atoms with Crippen LogP contribution in [-0.2, 0) is 0 Å².